The number of aromatic nitrogens is 2. The van der Waals surface area contributed by atoms with E-state index in [-0.39, 0.29) is 22.8 Å². The average Bonchev–Trinajstić information content (AvgIpc) is 2.94. The Labute approximate surface area is 140 Å². The van der Waals surface area contributed by atoms with Gasteiger partial charge in [-0.15, -0.1) is 10.2 Å². The predicted molar refractivity (Wildman–Crippen MR) is 86.9 cm³/mol. The first-order valence-corrected chi connectivity index (χ1v) is 8.58. The number of benzene rings is 1. The Morgan fingerprint density at radius 2 is 2.22 bits per heavy atom. The molecule has 0 aliphatic rings. The summed E-state index contributed by atoms with van der Waals surface area (Å²) in [6.07, 6.45) is 0. The fourth-order valence-electron chi connectivity index (χ4n) is 1.76. The molecule has 0 amide bonds. The first-order chi connectivity index (χ1) is 11.0. The van der Waals surface area contributed by atoms with Crippen molar-refractivity contribution in [3.63, 3.8) is 0 Å². The quantitative estimate of drug-likeness (QED) is 0.570. The zero-order valence-corrected chi connectivity index (χ0v) is 14.1. The van der Waals surface area contributed by atoms with E-state index in [0.717, 1.165) is 12.1 Å². The molecule has 5 nitrogen and oxygen atoms in total. The number of halogens is 2. The minimum atomic E-state index is -2.97. The summed E-state index contributed by atoms with van der Waals surface area (Å²) < 4.78 is 29.9. The molecule has 1 N–H and O–H groups in total. The number of anilines is 1. The second-order valence-electron chi connectivity index (χ2n) is 4.49. The number of nitrogens with zero attached hydrogens (tertiary/aromatic N) is 2. The van der Waals surface area contributed by atoms with Crippen LogP contribution in [0.3, 0.4) is 0 Å². The van der Waals surface area contributed by atoms with Gasteiger partial charge < -0.3 is 10.1 Å². The lowest BCUT2D eigenvalue weighted by Gasteiger charge is -2.10. The SMILES string of the molecule is CCNc1nnc(SCC(=O)c2cc(C)ccc2OC(F)F)s1. The third-order valence-corrected chi connectivity index (χ3v) is 4.73. The molecule has 9 heteroatoms. The smallest absolute Gasteiger partial charge is 0.387 e. The van der Waals surface area contributed by atoms with Crippen LogP contribution in [-0.2, 0) is 0 Å². The second kappa shape index (κ2) is 8.21. The second-order valence-corrected chi connectivity index (χ2v) is 6.69. The highest BCUT2D eigenvalue weighted by Crippen LogP contribution is 2.28. The van der Waals surface area contributed by atoms with Crippen molar-refractivity contribution in [3.8, 4) is 5.75 Å². The fourth-order valence-corrected chi connectivity index (χ4v) is 3.46. The zero-order valence-electron chi connectivity index (χ0n) is 12.5. The van der Waals surface area contributed by atoms with Gasteiger partial charge >= 0.3 is 6.61 Å². The Kier molecular flexibility index (Phi) is 6.28. The summed E-state index contributed by atoms with van der Waals surface area (Å²) in [6.45, 7) is 1.49. The molecule has 23 heavy (non-hydrogen) atoms. The van der Waals surface area contributed by atoms with Gasteiger partial charge in [0.2, 0.25) is 5.13 Å². The van der Waals surface area contributed by atoms with E-state index < -0.39 is 6.61 Å². The molecule has 0 atom stereocenters. The van der Waals surface area contributed by atoms with Crippen LogP contribution in [0.15, 0.2) is 22.5 Å². The van der Waals surface area contributed by atoms with E-state index in [2.05, 4.69) is 20.3 Å². The maximum Gasteiger partial charge on any atom is 0.387 e. The first kappa shape index (κ1) is 17.6. The molecule has 0 bridgehead atoms. The van der Waals surface area contributed by atoms with Crippen LogP contribution in [0, 0.1) is 6.92 Å². The average molecular weight is 359 g/mol. The summed E-state index contributed by atoms with van der Waals surface area (Å²) in [6, 6.07) is 4.55. The summed E-state index contributed by atoms with van der Waals surface area (Å²) in [5, 5.41) is 11.6. The van der Waals surface area contributed by atoms with Crippen molar-refractivity contribution >= 4 is 34.0 Å². The molecule has 0 radical (unpaired) electrons. The lowest BCUT2D eigenvalue weighted by Crippen LogP contribution is -2.10. The largest absolute Gasteiger partial charge is 0.434 e. The molecule has 124 valence electrons. The molecule has 2 rings (SSSR count). The van der Waals surface area contributed by atoms with Crippen LogP contribution in [0.2, 0.25) is 0 Å². The maximum atomic E-state index is 12.4. The number of hydrogen-bond donors (Lipinski definition) is 1. The van der Waals surface area contributed by atoms with E-state index in [1.54, 1.807) is 19.1 Å². The van der Waals surface area contributed by atoms with Gasteiger partial charge in [0, 0.05) is 6.54 Å². The Balaban J connectivity index is 2.05. The van der Waals surface area contributed by atoms with Crippen LogP contribution in [0.25, 0.3) is 0 Å². The van der Waals surface area contributed by atoms with E-state index in [9.17, 15) is 13.6 Å². The zero-order chi connectivity index (χ0) is 16.8. The van der Waals surface area contributed by atoms with Crippen LogP contribution in [-0.4, -0.2) is 34.9 Å². The predicted octanol–water partition coefficient (Wildman–Crippen LogP) is 3.85. The third kappa shape index (κ3) is 5.14. The molecule has 1 aromatic heterocycles. The van der Waals surface area contributed by atoms with Crippen molar-refractivity contribution in [2.24, 2.45) is 0 Å². The van der Waals surface area contributed by atoms with Gasteiger partial charge in [-0.3, -0.25) is 4.79 Å². The van der Waals surface area contributed by atoms with Crippen molar-refractivity contribution in [2.45, 2.75) is 24.8 Å². The summed E-state index contributed by atoms with van der Waals surface area (Å²) >= 11 is 2.55. The summed E-state index contributed by atoms with van der Waals surface area (Å²) in [5.41, 5.74) is 0.944. The standard InChI is InChI=1S/C14H15F2N3O2S2/c1-3-17-13-18-19-14(23-13)22-7-10(20)9-6-8(2)4-5-11(9)21-12(15)16/h4-6,12H,3,7H2,1-2H3,(H,17,18). The molecule has 2 aromatic rings. The van der Waals surface area contributed by atoms with E-state index in [0.29, 0.717) is 9.47 Å². The Hall–Kier alpha value is -1.74. The number of Topliss-reactive ketones (excluding diaryl/α,β-unsaturated/α-hetero) is 1. The number of carbonyl (C=O) groups excluding carboxylic acids is 1. The van der Waals surface area contributed by atoms with Crippen LogP contribution in [0.4, 0.5) is 13.9 Å². The van der Waals surface area contributed by atoms with Gasteiger partial charge in [0.25, 0.3) is 0 Å². The fraction of sp³-hybridized carbons (Fsp3) is 0.357. The van der Waals surface area contributed by atoms with Crippen molar-refractivity contribution in [1.82, 2.24) is 10.2 Å². The number of thioether (sulfide) groups is 1. The molecule has 1 heterocycles. The van der Waals surface area contributed by atoms with Crippen LogP contribution >= 0.6 is 23.1 Å². The summed E-state index contributed by atoms with van der Waals surface area (Å²) in [7, 11) is 0. The van der Waals surface area contributed by atoms with Gasteiger partial charge in [-0.25, -0.2) is 0 Å². The number of carbonyl (C=O) groups is 1. The normalized spacial score (nSPS) is 10.8. The molecule has 0 spiro atoms. The molecule has 0 unspecified atom stereocenters. The van der Waals surface area contributed by atoms with Gasteiger partial charge in [-0.2, -0.15) is 8.78 Å². The van der Waals surface area contributed by atoms with Crippen molar-refractivity contribution in [2.75, 3.05) is 17.6 Å². The minimum Gasteiger partial charge on any atom is -0.434 e. The molecular formula is C14H15F2N3O2S2. The van der Waals surface area contributed by atoms with Crippen LogP contribution in [0.5, 0.6) is 5.75 Å². The molecule has 1 aromatic carbocycles. The Morgan fingerprint density at radius 1 is 1.43 bits per heavy atom. The molecule has 0 fully saturated rings. The number of nitrogens with one attached hydrogen (secondary N) is 1. The van der Waals surface area contributed by atoms with Gasteiger partial charge in [0.15, 0.2) is 10.1 Å². The van der Waals surface area contributed by atoms with Gasteiger partial charge in [-0.1, -0.05) is 34.7 Å². The van der Waals surface area contributed by atoms with Crippen LogP contribution < -0.4 is 10.1 Å². The lowest BCUT2D eigenvalue weighted by atomic mass is 10.1. The van der Waals surface area contributed by atoms with Crippen molar-refractivity contribution < 1.29 is 18.3 Å². The molecule has 0 aliphatic heterocycles. The molecular weight excluding hydrogens is 344 g/mol. The third-order valence-electron chi connectivity index (χ3n) is 2.71. The number of hydrogen-bond acceptors (Lipinski definition) is 7. The molecule has 0 saturated carbocycles. The minimum absolute atomic E-state index is 0.0732. The van der Waals surface area contributed by atoms with Crippen molar-refractivity contribution in [3.05, 3.63) is 29.3 Å². The first-order valence-electron chi connectivity index (χ1n) is 6.78. The highest BCUT2D eigenvalue weighted by molar-refractivity contribution is 8.01. The van der Waals surface area contributed by atoms with E-state index in [1.165, 1.54) is 29.2 Å². The number of rotatable bonds is 8. The van der Waals surface area contributed by atoms with Crippen LogP contribution in [0.1, 0.15) is 22.8 Å². The Morgan fingerprint density at radius 3 is 2.91 bits per heavy atom. The van der Waals surface area contributed by atoms with Gasteiger partial charge in [-0.05, 0) is 26.0 Å². The summed E-state index contributed by atoms with van der Waals surface area (Å²) in [5.74, 6) is -0.333. The van der Waals surface area contributed by atoms with Gasteiger partial charge in [0.05, 0.1) is 11.3 Å². The summed E-state index contributed by atoms with van der Waals surface area (Å²) in [4.78, 5) is 12.3. The highest BCUT2D eigenvalue weighted by atomic mass is 32.2. The monoisotopic (exact) mass is 359 g/mol. The number of aryl methyl sites for hydroxylation is 1. The molecule has 0 saturated heterocycles. The molecule has 0 aliphatic carbocycles. The lowest BCUT2D eigenvalue weighted by molar-refractivity contribution is -0.0501. The number of ketones is 1. The van der Waals surface area contributed by atoms with Gasteiger partial charge in [0.1, 0.15) is 5.75 Å². The maximum absolute atomic E-state index is 12.4. The van der Waals surface area contributed by atoms with E-state index in [4.69, 9.17) is 0 Å². The van der Waals surface area contributed by atoms with E-state index in [1.807, 2.05) is 6.92 Å². The van der Waals surface area contributed by atoms with E-state index >= 15 is 0 Å². The number of alkyl halides is 2. The Bertz CT molecular complexity index is 680. The highest BCUT2D eigenvalue weighted by Gasteiger charge is 2.17. The topological polar surface area (TPSA) is 64.1 Å². The van der Waals surface area contributed by atoms with Crippen molar-refractivity contribution in [1.29, 1.82) is 0 Å². The number of ether oxygens (including phenoxy) is 1.